The maximum Gasteiger partial charge on any atom is 0.181 e. The summed E-state index contributed by atoms with van der Waals surface area (Å²) < 4.78 is 7.59. The molecule has 5 heteroatoms. The van der Waals surface area contributed by atoms with E-state index in [-0.39, 0.29) is 0 Å². The average molecular weight is 443 g/mol. The van der Waals surface area contributed by atoms with Crippen molar-refractivity contribution in [3.63, 3.8) is 0 Å². The fourth-order valence-electron chi connectivity index (χ4n) is 1.25. The summed E-state index contributed by atoms with van der Waals surface area (Å²) in [5.74, 6) is 0.817. The largest absolute Gasteiger partial charge is 0.443 e. The van der Waals surface area contributed by atoms with E-state index < -0.39 is 0 Å². The Labute approximate surface area is 118 Å². The van der Waals surface area contributed by atoms with Gasteiger partial charge in [-0.1, -0.05) is 31.9 Å². The highest BCUT2D eigenvalue weighted by Gasteiger charge is 2.12. The van der Waals surface area contributed by atoms with Crippen LogP contribution in [0.4, 0.5) is 0 Å². The average Bonchev–Trinajstić information content (AvgIpc) is 2.69. The first kappa shape index (κ1) is 11.6. The van der Waals surface area contributed by atoms with Crippen molar-refractivity contribution in [1.29, 1.82) is 0 Å². The van der Waals surface area contributed by atoms with E-state index in [1.54, 1.807) is 0 Å². The van der Waals surface area contributed by atoms with Crippen LogP contribution in [0.15, 0.2) is 33.5 Å². The number of hydrogen-bond donors (Lipinski definition) is 0. The monoisotopic (exact) mass is 441 g/mol. The van der Waals surface area contributed by atoms with Gasteiger partial charge in [0.1, 0.15) is 0 Å². The van der Waals surface area contributed by atoms with E-state index in [0.29, 0.717) is 5.33 Å². The van der Waals surface area contributed by atoms with Crippen molar-refractivity contribution in [3.05, 3.63) is 38.3 Å². The third-order valence-electron chi connectivity index (χ3n) is 1.94. The van der Waals surface area contributed by atoms with Crippen LogP contribution >= 0.6 is 54.5 Å². The van der Waals surface area contributed by atoms with Gasteiger partial charge in [-0.15, -0.1) is 0 Å². The lowest BCUT2D eigenvalue weighted by Crippen LogP contribution is -1.85. The predicted molar refractivity (Wildman–Crippen MR) is 75.0 cm³/mol. The minimum atomic E-state index is 0.691. The van der Waals surface area contributed by atoms with Crippen LogP contribution in [0.3, 0.4) is 0 Å². The van der Waals surface area contributed by atoms with E-state index in [1.807, 2.05) is 12.1 Å². The molecule has 0 saturated heterocycles. The quantitative estimate of drug-likeness (QED) is 0.501. The molecule has 0 atom stereocenters. The molecule has 78 valence electrons. The Balaban J connectivity index is 2.58. The summed E-state index contributed by atoms with van der Waals surface area (Å²) in [6.45, 7) is 0. The zero-order valence-electron chi connectivity index (χ0n) is 7.51. The van der Waals surface area contributed by atoms with Crippen molar-refractivity contribution in [2.24, 2.45) is 0 Å². The van der Waals surface area contributed by atoms with Gasteiger partial charge in [0.2, 0.25) is 0 Å². The summed E-state index contributed by atoms with van der Waals surface area (Å²) in [6, 6.07) is 6.12. The molecule has 0 aliphatic rings. The second-order valence-electron chi connectivity index (χ2n) is 2.89. The molecule has 0 fully saturated rings. The molecular formula is C10H6Br2INO. The van der Waals surface area contributed by atoms with Crippen LogP contribution in [0.5, 0.6) is 0 Å². The standard InChI is InChI=1S/C10H6Br2INO/c11-4-9-10(15-5-14-9)7-3-6(13)1-2-8(7)12/h1-3,5H,4H2. The molecule has 2 nitrogen and oxygen atoms in total. The first-order chi connectivity index (χ1) is 7.22. The second kappa shape index (κ2) is 4.97. The molecular weight excluding hydrogens is 437 g/mol. The number of benzene rings is 1. The number of alkyl halides is 1. The van der Waals surface area contributed by atoms with E-state index in [4.69, 9.17) is 4.42 Å². The maximum absolute atomic E-state index is 5.40. The maximum atomic E-state index is 5.40. The number of rotatable bonds is 2. The van der Waals surface area contributed by atoms with E-state index in [1.165, 1.54) is 9.96 Å². The van der Waals surface area contributed by atoms with Crippen LogP contribution in [0.1, 0.15) is 5.69 Å². The number of hydrogen-bond acceptors (Lipinski definition) is 2. The van der Waals surface area contributed by atoms with Gasteiger partial charge >= 0.3 is 0 Å². The molecule has 1 aromatic heterocycles. The third kappa shape index (κ3) is 2.45. The molecule has 0 unspecified atom stereocenters. The number of halogens is 3. The molecule has 0 spiro atoms. The summed E-state index contributed by atoms with van der Waals surface area (Å²) in [5, 5.41) is 0.691. The minimum Gasteiger partial charge on any atom is -0.443 e. The topological polar surface area (TPSA) is 26.0 Å². The molecule has 0 saturated carbocycles. The van der Waals surface area contributed by atoms with Gasteiger partial charge in [-0.25, -0.2) is 4.98 Å². The molecule has 0 aliphatic carbocycles. The number of nitrogens with zero attached hydrogens (tertiary/aromatic N) is 1. The first-order valence-electron chi connectivity index (χ1n) is 4.16. The van der Waals surface area contributed by atoms with Crippen molar-refractivity contribution in [2.45, 2.75) is 5.33 Å². The molecule has 0 bridgehead atoms. The molecule has 0 amide bonds. The highest BCUT2D eigenvalue weighted by Crippen LogP contribution is 2.32. The van der Waals surface area contributed by atoms with Crippen LogP contribution in [0.2, 0.25) is 0 Å². The van der Waals surface area contributed by atoms with Gasteiger partial charge in [-0.2, -0.15) is 0 Å². The first-order valence-corrected chi connectivity index (χ1v) is 7.15. The van der Waals surface area contributed by atoms with Gasteiger partial charge in [0.25, 0.3) is 0 Å². The van der Waals surface area contributed by atoms with Gasteiger partial charge in [0.05, 0.1) is 5.69 Å². The van der Waals surface area contributed by atoms with Crippen LogP contribution in [-0.2, 0) is 5.33 Å². The van der Waals surface area contributed by atoms with Gasteiger partial charge in [-0.3, -0.25) is 0 Å². The van der Waals surface area contributed by atoms with E-state index >= 15 is 0 Å². The Morgan fingerprint density at radius 3 is 2.93 bits per heavy atom. The highest BCUT2D eigenvalue weighted by atomic mass is 127. The van der Waals surface area contributed by atoms with Crippen LogP contribution in [-0.4, -0.2) is 4.98 Å². The highest BCUT2D eigenvalue weighted by molar-refractivity contribution is 14.1. The number of aromatic nitrogens is 1. The van der Waals surface area contributed by atoms with Gasteiger partial charge < -0.3 is 4.42 Å². The lowest BCUT2D eigenvalue weighted by molar-refractivity contribution is 0.571. The van der Waals surface area contributed by atoms with Gasteiger partial charge in [0, 0.05) is 18.9 Å². The molecule has 2 rings (SSSR count). The SMILES string of the molecule is BrCc1ncoc1-c1cc(I)ccc1Br. The van der Waals surface area contributed by atoms with E-state index in [0.717, 1.165) is 21.5 Å². The van der Waals surface area contributed by atoms with Gasteiger partial charge in [0.15, 0.2) is 12.2 Å². The molecule has 1 heterocycles. The normalized spacial score (nSPS) is 10.6. The number of oxazole rings is 1. The summed E-state index contributed by atoms with van der Waals surface area (Å²) >= 11 is 9.17. The lowest BCUT2D eigenvalue weighted by Gasteiger charge is -2.02. The molecule has 2 aromatic rings. The van der Waals surface area contributed by atoms with Crippen LogP contribution in [0, 0.1) is 3.57 Å². The summed E-state index contributed by atoms with van der Waals surface area (Å²) in [6.07, 6.45) is 1.47. The Kier molecular flexibility index (Phi) is 3.84. The van der Waals surface area contributed by atoms with Crippen molar-refractivity contribution in [1.82, 2.24) is 4.98 Å². The third-order valence-corrected chi connectivity index (χ3v) is 3.83. The zero-order chi connectivity index (χ0) is 10.8. The van der Waals surface area contributed by atoms with Crippen molar-refractivity contribution >= 4 is 54.5 Å². The van der Waals surface area contributed by atoms with E-state index in [2.05, 4.69) is 65.5 Å². The predicted octanol–water partition coefficient (Wildman–Crippen LogP) is 4.60. The lowest BCUT2D eigenvalue weighted by atomic mass is 10.1. The van der Waals surface area contributed by atoms with Gasteiger partial charge in [-0.05, 0) is 40.8 Å². The minimum absolute atomic E-state index is 0.691. The Bertz CT molecular complexity index is 484. The molecule has 0 aliphatic heterocycles. The Morgan fingerprint density at radius 2 is 2.20 bits per heavy atom. The molecule has 15 heavy (non-hydrogen) atoms. The van der Waals surface area contributed by atoms with Crippen LogP contribution in [0.25, 0.3) is 11.3 Å². The van der Waals surface area contributed by atoms with Crippen molar-refractivity contribution < 1.29 is 4.42 Å². The Morgan fingerprint density at radius 1 is 1.40 bits per heavy atom. The Hall–Kier alpha value is 0.120. The fourth-order valence-corrected chi connectivity index (χ4v) is 2.57. The summed E-state index contributed by atoms with van der Waals surface area (Å²) in [7, 11) is 0. The van der Waals surface area contributed by atoms with Crippen LogP contribution < -0.4 is 0 Å². The van der Waals surface area contributed by atoms with Crippen molar-refractivity contribution in [2.75, 3.05) is 0 Å². The molecule has 0 radical (unpaired) electrons. The van der Waals surface area contributed by atoms with Crippen molar-refractivity contribution in [3.8, 4) is 11.3 Å². The fraction of sp³-hybridized carbons (Fsp3) is 0.100. The summed E-state index contributed by atoms with van der Waals surface area (Å²) in [5.41, 5.74) is 1.95. The molecule has 0 N–H and O–H groups in total. The molecule has 1 aromatic carbocycles. The summed E-state index contributed by atoms with van der Waals surface area (Å²) in [4.78, 5) is 4.15. The second-order valence-corrected chi connectivity index (χ2v) is 5.55. The zero-order valence-corrected chi connectivity index (χ0v) is 12.8. The van der Waals surface area contributed by atoms with E-state index in [9.17, 15) is 0 Å². The smallest absolute Gasteiger partial charge is 0.181 e.